The summed E-state index contributed by atoms with van der Waals surface area (Å²) in [6.45, 7) is 0. The van der Waals surface area contributed by atoms with Crippen LogP contribution in [-0.4, -0.2) is 29.1 Å². The molecule has 200 valence electrons. The first-order valence-corrected chi connectivity index (χ1v) is 13.8. The van der Waals surface area contributed by atoms with Crippen LogP contribution in [0.5, 0.6) is 5.75 Å². The number of aromatic hydroxyl groups is 1. The van der Waals surface area contributed by atoms with Crippen LogP contribution in [0.15, 0.2) is 102 Å². The molecule has 1 aliphatic heterocycles. The van der Waals surface area contributed by atoms with Crippen molar-refractivity contribution in [3.8, 4) is 16.9 Å². The second-order valence-electron chi connectivity index (χ2n) is 9.48. The number of hydrogen-bond donors (Lipinski definition) is 3. The molecule has 7 nitrogen and oxygen atoms in total. The van der Waals surface area contributed by atoms with Crippen LogP contribution in [0.25, 0.3) is 11.1 Å². The maximum atomic E-state index is 14.2. The number of anilines is 1. The van der Waals surface area contributed by atoms with E-state index in [0.717, 1.165) is 0 Å². The summed E-state index contributed by atoms with van der Waals surface area (Å²) in [6.07, 6.45) is -0.636. The van der Waals surface area contributed by atoms with Gasteiger partial charge in [0.1, 0.15) is 11.6 Å². The van der Waals surface area contributed by atoms with Crippen LogP contribution in [0.4, 0.5) is 10.1 Å². The molecule has 1 saturated heterocycles. The molecular formula is C30H26FNO6S. The molecule has 39 heavy (non-hydrogen) atoms. The number of phenols is 1. The van der Waals surface area contributed by atoms with Crippen molar-refractivity contribution in [2.45, 2.75) is 29.9 Å². The summed E-state index contributed by atoms with van der Waals surface area (Å²) < 4.78 is 46.1. The zero-order chi connectivity index (χ0) is 27.7. The van der Waals surface area contributed by atoms with Gasteiger partial charge >= 0.3 is 0 Å². The van der Waals surface area contributed by atoms with Gasteiger partial charge in [0.05, 0.1) is 23.0 Å². The van der Waals surface area contributed by atoms with Crippen LogP contribution >= 0.6 is 0 Å². The van der Waals surface area contributed by atoms with Crippen molar-refractivity contribution in [1.29, 1.82) is 0 Å². The summed E-state index contributed by atoms with van der Waals surface area (Å²) in [5.74, 6) is -1.26. The Morgan fingerprint density at radius 1 is 0.872 bits per heavy atom. The molecule has 0 spiro atoms. The molecule has 1 fully saturated rings. The van der Waals surface area contributed by atoms with Crippen LogP contribution in [0, 0.1) is 11.7 Å². The molecule has 0 radical (unpaired) electrons. The molecule has 0 bridgehead atoms. The number of nitrogens with zero attached hydrogens (tertiary/aromatic N) is 1. The van der Waals surface area contributed by atoms with Crippen molar-refractivity contribution in [2.75, 3.05) is 4.90 Å². The second-order valence-corrected chi connectivity index (χ2v) is 10.9. The lowest BCUT2D eigenvalue weighted by atomic mass is 9.77. The first-order chi connectivity index (χ1) is 18.6. The van der Waals surface area contributed by atoms with Crippen molar-refractivity contribution < 1.29 is 32.4 Å². The lowest BCUT2D eigenvalue weighted by molar-refractivity contribution is -0.131. The number of β-lactam (4-membered cyclic amide) rings is 1. The zero-order valence-corrected chi connectivity index (χ0v) is 21.5. The summed E-state index contributed by atoms with van der Waals surface area (Å²) in [6, 6.07) is 25.1. The minimum Gasteiger partial charge on any atom is -0.508 e. The van der Waals surface area contributed by atoms with E-state index in [1.54, 1.807) is 41.3 Å². The number of carbonyl (C=O) groups is 1. The molecule has 3 atom stereocenters. The van der Waals surface area contributed by atoms with Crippen molar-refractivity contribution in [3.05, 3.63) is 114 Å². The van der Waals surface area contributed by atoms with Crippen molar-refractivity contribution in [1.82, 2.24) is 0 Å². The number of halogens is 1. The van der Waals surface area contributed by atoms with E-state index in [-0.39, 0.29) is 35.0 Å². The van der Waals surface area contributed by atoms with E-state index in [0.29, 0.717) is 22.4 Å². The third kappa shape index (κ3) is 5.29. The highest BCUT2D eigenvalue weighted by Crippen LogP contribution is 2.49. The van der Waals surface area contributed by atoms with E-state index >= 15 is 0 Å². The van der Waals surface area contributed by atoms with Gasteiger partial charge in [0.25, 0.3) is 10.1 Å². The smallest absolute Gasteiger partial charge is 0.294 e. The van der Waals surface area contributed by atoms with E-state index in [1.165, 1.54) is 42.5 Å². The molecule has 3 unspecified atom stereocenters. The number of rotatable bonds is 8. The fourth-order valence-electron chi connectivity index (χ4n) is 5.09. The summed E-state index contributed by atoms with van der Waals surface area (Å²) in [4.78, 5) is 14.7. The van der Waals surface area contributed by atoms with E-state index < -0.39 is 34.0 Å². The largest absolute Gasteiger partial charge is 0.508 e. The van der Waals surface area contributed by atoms with Crippen LogP contribution in [-0.2, 0) is 14.9 Å². The van der Waals surface area contributed by atoms with Crippen LogP contribution in [0.3, 0.4) is 0 Å². The number of phenolic OH excluding ortho intramolecular Hbond substituents is 1. The van der Waals surface area contributed by atoms with Gasteiger partial charge in [-0.15, -0.1) is 0 Å². The first-order valence-electron chi connectivity index (χ1n) is 12.4. The monoisotopic (exact) mass is 547 g/mol. The number of carbonyl (C=O) groups excluding carboxylic acids is 1. The maximum Gasteiger partial charge on any atom is 0.294 e. The Hall–Kier alpha value is -4.05. The van der Waals surface area contributed by atoms with Crippen molar-refractivity contribution in [3.63, 3.8) is 0 Å². The number of aliphatic hydroxyl groups excluding tert-OH is 1. The van der Waals surface area contributed by atoms with Gasteiger partial charge in [-0.05, 0) is 60.4 Å². The van der Waals surface area contributed by atoms with Gasteiger partial charge in [0.15, 0.2) is 0 Å². The SMILES string of the molecule is O=C1C(CCC(O)c2ccccc2F)C(c2ccc(-c3ccc(S(=O)(=O)O)cc3)cc2O)N1c1ccccc1. The molecule has 1 heterocycles. The summed E-state index contributed by atoms with van der Waals surface area (Å²) in [7, 11) is -4.32. The van der Waals surface area contributed by atoms with Crippen LogP contribution < -0.4 is 4.90 Å². The van der Waals surface area contributed by atoms with Crippen molar-refractivity contribution in [2.24, 2.45) is 5.92 Å². The van der Waals surface area contributed by atoms with E-state index in [2.05, 4.69) is 0 Å². The van der Waals surface area contributed by atoms with Gasteiger partial charge in [-0.2, -0.15) is 8.42 Å². The molecule has 5 rings (SSSR count). The van der Waals surface area contributed by atoms with Gasteiger partial charge in [0.2, 0.25) is 5.91 Å². The Morgan fingerprint density at radius 2 is 1.51 bits per heavy atom. The summed E-state index contributed by atoms with van der Waals surface area (Å²) >= 11 is 0. The third-order valence-corrected chi connectivity index (χ3v) is 7.97. The lowest BCUT2D eigenvalue weighted by Gasteiger charge is -2.48. The van der Waals surface area contributed by atoms with Gasteiger partial charge < -0.3 is 15.1 Å². The van der Waals surface area contributed by atoms with Crippen LogP contribution in [0.1, 0.15) is 36.1 Å². The summed E-state index contributed by atoms with van der Waals surface area (Å²) in [5, 5.41) is 21.7. The summed E-state index contributed by atoms with van der Waals surface area (Å²) in [5.41, 5.74) is 2.60. The standard InChI is InChI=1S/C30H26FNO6S/c31-26-9-5-4-8-23(26)27(33)17-16-25-29(32(30(25)35)21-6-2-1-3-7-21)24-15-12-20(18-28(24)34)19-10-13-22(14-11-19)39(36,37)38/h1-15,18,25,27,29,33-34H,16-17H2,(H,36,37,38). The third-order valence-electron chi connectivity index (χ3n) is 7.10. The number of benzene rings is 4. The molecule has 1 amide bonds. The van der Waals surface area contributed by atoms with E-state index in [9.17, 15) is 32.4 Å². The lowest BCUT2D eigenvalue weighted by Crippen LogP contribution is -2.55. The number of para-hydroxylation sites is 1. The molecule has 9 heteroatoms. The van der Waals surface area contributed by atoms with Crippen LogP contribution in [0.2, 0.25) is 0 Å². The number of hydrogen-bond acceptors (Lipinski definition) is 5. The zero-order valence-electron chi connectivity index (χ0n) is 20.7. The average Bonchev–Trinajstić information content (AvgIpc) is 2.92. The molecule has 0 aromatic heterocycles. The van der Waals surface area contributed by atoms with Gasteiger partial charge in [-0.25, -0.2) is 4.39 Å². The normalized spacial score (nSPS) is 18.0. The number of aliphatic hydroxyl groups is 1. The Labute approximate surface area is 225 Å². The van der Waals surface area contributed by atoms with Gasteiger partial charge in [0, 0.05) is 16.8 Å². The Morgan fingerprint density at radius 3 is 2.15 bits per heavy atom. The predicted octanol–water partition coefficient (Wildman–Crippen LogP) is 5.66. The molecule has 3 N–H and O–H groups in total. The molecule has 4 aromatic rings. The molecule has 4 aromatic carbocycles. The highest BCUT2D eigenvalue weighted by molar-refractivity contribution is 7.85. The molecular weight excluding hydrogens is 521 g/mol. The molecule has 0 saturated carbocycles. The van der Waals surface area contributed by atoms with Crippen molar-refractivity contribution >= 4 is 21.7 Å². The Kier molecular flexibility index (Phi) is 7.22. The number of amides is 1. The Bertz CT molecular complexity index is 1610. The minimum atomic E-state index is -4.32. The Balaban J connectivity index is 1.43. The minimum absolute atomic E-state index is 0.0514. The second kappa shape index (κ2) is 10.6. The topological polar surface area (TPSA) is 115 Å². The fraction of sp³-hybridized carbons (Fsp3) is 0.167. The highest BCUT2D eigenvalue weighted by atomic mass is 32.2. The van der Waals surface area contributed by atoms with E-state index in [4.69, 9.17) is 0 Å². The quantitative estimate of drug-likeness (QED) is 0.194. The predicted molar refractivity (Wildman–Crippen MR) is 144 cm³/mol. The average molecular weight is 548 g/mol. The van der Waals surface area contributed by atoms with Gasteiger partial charge in [-0.1, -0.05) is 60.7 Å². The van der Waals surface area contributed by atoms with E-state index in [1.807, 2.05) is 18.2 Å². The molecule has 0 aliphatic carbocycles. The van der Waals surface area contributed by atoms with Gasteiger partial charge in [-0.3, -0.25) is 9.35 Å². The maximum absolute atomic E-state index is 14.2. The highest BCUT2D eigenvalue weighted by Gasteiger charge is 2.49. The first kappa shape index (κ1) is 26.6. The molecule has 1 aliphatic rings. The fourth-order valence-corrected chi connectivity index (χ4v) is 5.57.